The van der Waals surface area contributed by atoms with Gasteiger partial charge in [-0.3, -0.25) is 9.59 Å². The summed E-state index contributed by atoms with van der Waals surface area (Å²) in [5, 5.41) is 13.3. The van der Waals surface area contributed by atoms with Crippen LogP contribution in [0.5, 0.6) is 0 Å². The lowest BCUT2D eigenvalue weighted by Gasteiger charge is -2.29. The first-order valence-corrected chi connectivity index (χ1v) is 9.97. The van der Waals surface area contributed by atoms with Gasteiger partial charge >= 0.3 is 18.1 Å². The number of H-pyrrole nitrogens is 1. The second kappa shape index (κ2) is 9.15. The predicted molar refractivity (Wildman–Crippen MR) is 106 cm³/mol. The molecular weight excluding hydrogens is 433 g/mol. The molecule has 12 heteroatoms. The Labute approximate surface area is 180 Å². The Balaban J connectivity index is 0.000000360. The molecule has 9 nitrogen and oxygen atoms in total. The van der Waals surface area contributed by atoms with Gasteiger partial charge in [0.25, 0.3) is 5.91 Å². The van der Waals surface area contributed by atoms with Crippen molar-refractivity contribution < 1.29 is 37.4 Å². The number of hydrogen-bond donors (Lipinski definition) is 4. The fourth-order valence-corrected chi connectivity index (χ4v) is 3.85. The van der Waals surface area contributed by atoms with Gasteiger partial charge in [0, 0.05) is 12.0 Å². The van der Waals surface area contributed by atoms with Crippen LogP contribution < -0.4 is 10.6 Å². The minimum atomic E-state index is -5.08. The van der Waals surface area contributed by atoms with Crippen LogP contribution in [0.1, 0.15) is 35.4 Å². The molecule has 0 aliphatic carbocycles. The van der Waals surface area contributed by atoms with Crippen molar-refractivity contribution in [1.82, 2.24) is 20.6 Å². The van der Waals surface area contributed by atoms with Crippen LogP contribution in [0.15, 0.2) is 18.2 Å². The van der Waals surface area contributed by atoms with E-state index in [1.54, 1.807) is 12.1 Å². The highest BCUT2D eigenvalue weighted by atomic mass is 19.4. The van der Waals surface area contributed by atoms with E-state index in [-0.39, 0.29) is 23.4 Å². The summed E-state index contributed by atoms with van der Waals surface area (Å²) in [4.78, 5) is 41.0. The summed E-state index contributed by atoms with van der Waals surface area (Å²) in [7, 11) is 0. The number of amides is 1. The molecule has 0 bridgehead atoms. The van der Waals surface area contributed by atoms with Gasteiger partial charge in [0.1, 0.15) is 11.9 Å². The highest BCUT2D eigenvalue weighted by Crippen LogP contribution is 2.41. The van der Waals surface area contributed by atoms with E-state index < -0.39 is 12.1 Å². The Morgan fingerprint density at radius 2 is 1.97 bits per heavy atom. The molecule has 2 aliphatic heterocycles. The average molecular weight is 456 g/mol. The number of rotatable bonds is 3. The zero-order valence-electron chi connectivity index (χ0n) is 17.2. The molecule has 2 saturated heterocycles. The molecule has 4 N–H and O–H groups in total. The standard InChI is InChI=1S/C18H22N4O3.C2HF3O2/c1-11-21-14-3-2-12(8-15(14)22-11)16(23)20-10-13-9-18(17(24)25-13)4-6-19-7-5-18;3-2(4,5)1(6)7/h2-3,8,13,19H,4-7,9-10H2,1H3,(H,20,23)(H,21,22);(H,6,7). The van der Waals surface area contributed by atoms with Crippen LogP contribution in [0.4, 0.5) is 13.2 Å². The summed E-state index contributed by atoms with van der Waals surface area (Å²) in [6.45, 7) is 3.92. The number of alkyl halides is 3. The molecule has 2 aliphatic rings. The normalized spacial score (nSPS) is 19.9. The summed E-state index contributed by atoms with van der Waals surface area (Å²) in [5.41, 5.74) is 1.89. The molecule has 2 aromatic rings. The second-order valence-electron chi connectivity index (χ2n) is 7.83. The molecule has 0 saturated carbocycles. The molecule has 174 valence electrons. The molecule has 1 unspecified atom stereocenters. The van der Waals surface area contributed by atoms with Crippen LogP contribution in [0.25, 0.3) is 11.0 Å². The van der Waals surface area contributed by atoms with Crippen molar-refractivity contribution in [1.29, 1.82) is 0 Å². The number of aryl methyl sites for hydroxylation is 1. The van der Waals surface area contributed by atoms with Gasteiger partial charge in [-0.05, 0) is 51.1 Å². The number of cyclic esters (lactones) is 1. The third kappa shape index (κ3) is 5.36. The monoisotopic (exact) mass is 456 g/mol. The smallest absolute Gasteiger partial charge is 0.475 e. The molecule has 0 radical (unpaired) electrons. The molecular formula is C20H23F3N4O5. The van der Waals surface area contributed by atoms with Crippen LogP contribution in [0.2, 0.25) is 0 Å². The van der Waals surface area contributed by atoms with E-state index in [2.05, 4.69) is 20.6 Å². The molecule has 1 atom stereocenters. The van der Waals surface area contributed by atoms with Gasteiger partial charge in [-0.15, -0.1) is 0 Å². The maximum absolute atomic E-state index is 12.4. The van der Waals surface area contributed by atoms with Gasteiger partial charge in [0.05, 0.1) is 23.0 Å². The number of hydrogen-bond acceptors (Lipinski definition) is 6. The number of aromatic nitrogens is 2. The largest absolute Gasteiger partial charge is 0.490 e. The molecule has 3 heterocycles. The fraction of sp³-hybridized carbons (Fsp3) is 0.500. The van der Waals surface area contributed by atoms with Gasteiger partial charge in [0.2, 0.25) is 0 Å². The topological polar surface area (TPSA) is 133 Å². The third-order valence-electron chi connectivity index (χ3n) is 5.48. The van der Waals surface area contributed by atoms with E-state index in [1.165, 1.54) is 0 Å². The number of carboxylic acids is 1. The zero-order valence-corrected chi connectivity index (χ0v) is 17.2. The number of carboxylic acid groups (broad SMARTS) is 1. The number of aromatic amines is 1. The van der Waals surface area contributed by atoms with Gasteiger partial charge in [0.15, 0.2) is 0 Å². The fourth-order valence-electron chi connectivity index (χ4n) is 3.85. The first-order chi connectivity index (χ1) is 15.0. The number of carbonyl (C=O) groups is 3. The van der Waals surface area contributed by atoms with Crippen molar-refractivity contribution in [3.8, 4) is 0 Å². The lowest BCUT2D eigenvalue weighted by Crippen LogP contribution is -2.39. The number of halogens is 3. The molecule has 1 aromatic heterocycles. The summed E-state index contributed by atoms with van der Waals surface area (Å²) < 4.78 is 37.3. The van der Waals surface area contributed by atoms with Crippen molar-refractivity contribution >= 4 is 28.9 Å². The van der Waals surface area contributed by atoms with E-state index >= 15 is 0 Å². The maximum atomic E-state index is 12.4. The first kappa shape index (κ1) is 23.5. The Kier molecular flexibility index (Phi) is 6.72. The quantitative estimate of drug-likeness (QED) is 0.519. The van der Waals surface area contributed by atoms with Crippen LogP contribution in [-0.4, -0.2) is 64.8 Å². The number of fused-ring (bicyclic) bond motifs is 1. The minimum absolute atomic E-state index is 0.109. The number of esters is 1. The molecule has 4 rings (SSSR count). The highest BCUT2D eigenvalue weighted by Gasteiger charge is 2.49. The SMILES string of the molecule is Cc1nc2ccc(C(=O)NCC3CC4(CCNCC4)C(=O)O3)cc2[nH]1.O=C(O)C(F)(F)F. The number of nitrogens with one attached hydrogen (secondary N) is 3. The van der Waals surface area contributed by atoms with Crippen LogP contribution in [0, 0.1) is 12.3 Å². The van der Waals surface area contributed by atoms with Gasteiger partial charge in [-0.2, -0.15) is 13.2 Å². The molecule has 32 heavy (non-hydrogen) atoms. The van der Waals surface area contributed by atoms with Gasteiger partial charge in [-0.25, -0.2) is 9.78 Å². The van der Waals surface area contributed by atoms with Crippen molar-refractivity contribution in [3.63, 3.8) is 0 Å². The number of nitrogens with zero attached hydrogens (tertiary/aromatic N) is 1. The summed E-state index contributed by atoms with van der Waals surface area (Å²) in [6, 6.07) is 5.37. The lowest BCUT2D eigenvalue weighted by molar-refractivity contribution is -0.192. The van der Waals surface area contributed by atoms with Crippen molar-refractivity contribution in [2.24, 2.45) is 5.41 Å². The summed E-state index contributed by atoms with van der Waals surface area (Å²) in [6.07, 6.45) is -3.02. The predicted octanol–water partition coefficient (Wildman–Crippen LogP) is 1.92. The molecule has 2 fully saturated rings. The number of imidazole rings is 1. The van der Waals surface area contributed by atoms with Crippen LogP contribution in [0.3, 0.4) is 0 Å². The number of piperidine rings is 1. The summed E-state index contributed by atoms with van der Waals surface area (Å²) >= 11 is 0. The number of ether oxygens (including phenoxy) is 1. The molecule has 1 aromatic carbocycles. The van der Waals surface area contributed by atoms with Gasteiger partial charge in [-0.1, -0.05) is 0 Å². The summed E-state index contributed by atoms with van der Waals surface area (Å²) in [5.74, 6) is -2.22. The van der Waals surface area contributed by atoms with Crippen molar-refractivity contribution in [2.45, 2.75) is 38.5 Å². The van der Waals surface area contributed by atoms with E-state index in [1.807, 2.05) is 13.0 Å². The first-order valence-electron chi connectivity index (χ1n) is 9.97. The van der Waals surface area contributed by atoms with E-state index in [0.717, 1.165) is 42.8 Å². The number of benzene rings is 1. The second-order valence-corrected chi connectivity index (χ2v) is 7.83. The van der Waals surface area contributed by atoms with Crippen LogP contribution in [-0.2, 0) is 14.3 Å². The Bertz CT molecular complexity index is 1010. The van der Waals surface area contributed by atoms with Crippen molar-refractivity contribution in [3.05, 3.63) is 29.6 Å². The third-order valence-corrected chi connectivity index (χ3v) is 5.48. The number of aliphatic carboxylic acids is 1. The molecule has 1 spiro atoms. The number of carbonyl (C=O) groups excluding carboxylic acids is 2. The van der Waals surface area contributed by atoms with E-state index in [4.69, 9.17) is 14.6 Å². The van der Waals surface area contributed by atoms with E-state index in [9.17, 15) is 22.8 Å². The van der Waals surface area contributed by atoms with Crippen molar-refractivity contribution in [2.75, 3.05) is 19.6 Å². The highest BCUT2D eigenvalue weighted by molar-refractivity contribution is 5.97. The average Bonchev–Trinajstić information content (AvgIpc) is 3.24. The maximum Gasteiger partial charge on any atom is 0.490 e. The Morgan fingerprint density at radius 3 is 2.59 bits per heavy atom. The van der Waals surface area contributed by atoms with Gasteiger partial charge < -0.3 is 25.5 Å². The van der Waals surface area contributed by atoms with Crippen LogP contribution >= 0.6 is 0 Å². The van der Waals surface area contributed by atoms with E-state index in [0.29, 0.717) is 18.5 Å². The lowest BCUT2D eigenvalue weighted by atomic mass is 9.76. The minimum Gasteiger partial charge on any atom is -0.475 e. The molecule has 1 amide bonds. The Morgan fingerprint density at radius 1 is 1.31 bits per heavy atom. The Hall–Kier alpha value is -3.15. The zero-order chi connectivity index (χ0) is 23.5.